The fraction of sp³-hybridized carbons (Fsp3) is 0.333. The van der Waals surface area contributed by atoms with E-state index in [1.807, 2.05) is 13.0 Å². The van der Waals surface area contributed by atoms with E-state index in [-0.39, 0.29) is 23.6 Å². The van der Waals surface area contributed by atoms with Crippen molar-refractivity contribution in [1.29, 1.82) is 0 Å². The summed E-state index contributed by atoms with van der Waals surface area (Å²) in [6.07, 6.45) is 1.39. The molecule has 0 fully saturated rings. The smallest absolute Gasteiger partial charge is 0.343 e. The van der Waals surface area contributed by atoms with Crippen LogP contribution in [0.4, 0.5) is 5.69 Å². The van der Waals surface area contributed by atoms with E-state index in [2.05, 4.69) is 10.3 Å². The van der Waals surface area contributed by atoms with Gasteiger partial charge in [-0.2, -0.15) is 0 Å². The topological polar surface area (TPSA) is 97.2 Å². The number of fused-ring (bicyclic) bond motifs is 1. The molecule has 4 N–H and O–H groups in total. The summed E-state index contributed by atoms with van der Waals surface area (Å²) in [5, 5.41) is 3.58. The number of carbonyl (C=O) groups excluding carboxylic acids is 1. The van der Waals surface area contributed by atoms with Crippen LogP contribution in [0, 0.1) is 0 Å². The number of nitrogens with two attached hydrogens (primary N) is 1. The van der Waals surface area contributed by atoms with E-state index in [1.165, 1.54) is 6.20 Å². The number of pyridine rings is 1. The van der Waals surface area contributed by atoms with Gasteiger partial charge >= 0.3 is 5.97 Å². The Hall–Kier alpha value is -2.34. The van der Waals surface area contributed by atoms with E-state index in [4.69, 9.17) is 10.5 Å². The summed E-state index contributed by atoms with van der Waals surface area (Å²) in [5.41, 5.74) is 6.81. The normalized spacial score (nSPS) is 12.1. The molecule has 0 radical (unpaired) electrons. The molecule has 0 bridgehead atoms. The van der Waals surface area contributed by atoms with Crippen LogP contribution in [0.2, 0.25) is 0 Å². The van der Waals surface area contributed by atoms with Gasteiger partial charge in [-0.3, -0.25) is 4.79 Å². The lowest BCUT2D eigenvalue weighted by Crippen LogP contribution is -2.25. The highest BCUT2D eigenvalue weighted by Crippen LogP contribution is 2.15. The van der Waals surface area contributed by atoms with Crippen molar-refractivity contribution in [2.45, 2.75) is 19.9 Å². The zero-order chi connectivity index (χ0) is 15.4. The summed E-state index contributed by atoms with van der Waals surface area (Å²) >= 11 is 0. The first-order valence-corrected chi connectivity index (χ1v) is 6.85. The summed E-state index contributed by atoms with van der Waals surface area (Å²) in [7, 11) is 0. The van der Waals surface area contributed by atoms with Crippen LogP contribution >= 0.6 is 0 Å². The van der Waals surface area contributed by atoms with Crippen molar-refractivity contribution < 1.29 is 9.53 Å². The van der Waals surface area contributed by atoms with E-state index in [0.717, 1.165) is 5.69 Å². The average molecular weight is 289 g/mol. The first kappa shape index (κ1) is 15.1. The van der Waals surface area contributed by atoms with Gasteiger partial charge in [-0.1, -0.05) is 0 Å². The van der Waals surface area contributed by atoms with Gasteiger partial charge < -0.3 is 20.8 Å². The predicted molar refractivity (Wildman–Crippen MR) is 82.7 cm³/mol. The third-order valence-electron chi connectivity index (χ3n) is 3.00. The highest BCUT2D eigenvalue weighted by molar-refractivity contribution is 5.94. The number of H-pyrrole nitrogens is 1. The number of rotatable bonds is 5. The highest BCUT2D eigenvalue weighted by atomic mass is 16.5. The van der Waals surface area contributed by atoms with Crippen molar-refractivity contribution in [3.63, 3.8) is 0 Å². The molecule has 6 nitrogen and oxygen atoms in total. The molecule has 1 heterocycles. The minimum Gasteiger partial charge on any atom is -0.462 e. The summed E-state index contributed by atoms with van der Waals surface area (Å²) in [4.78, 5) is 27.0. The number of esters is 1. The van der Waals surface area contributed by atoms with Gasteiger partial charge in [0.2, 0.25) is 5.43 Å². The number of benzene rings is 1. The van der Waals surface area contributed by atoms with Crippen molar-refractivity contribution in [3.05, 3.63) is 40.2 Å². The van der Waals surface area contributed by atoms with E-state index in [1.54, 1.807) is 19.1 Å². The molecule has 0 aliphatic rings. The maximum Gasteiger partial charge on any atom is 0.343 e. The fourth-order valence-corrected chi connectivity index (χ4v) is 1.97. The van der Waals surface area contributed by atoms with Crippen LogP contribution in [0.25, 0.3) is 10.9 Å². The minimum atomic E-state index is -0.616. The molecule has 0 spiro atoms. The van der Waals surface area contributed by atoms with Crippen molar-refractivity contribution >= 4 is 22.6 Å². The molecule has 1 aromatic heterocycles. The lowest BCUT2D eigenvalue weighted by Gasteiger charge is -2.10. The molecule has 0 amide bonds. The van der Waals surface area contributed by atoms with Gasteiger partial charge in [-0.15, -0.1) is 0 Å². The van der Waals surface area contributed by atoms with Gasteiger partial charge in [0.05, 0.1) is 6.61 Å². The second-order valence-corrected chi connectivity index (χ2v) is 4.87. The van der Waals surface area contributed by atoms with Crippen LogP contribution in [-0.2, 0) is 4.74 Å². The van der Waals surface area contributed by atoms with E-state index in [9.17, 15) is 9.59 Å². The van der Waals surface area contributed by atoms with Gasteiger partial charge in [0.1, 0.15) is 5.56 Å². The number of hydrogen-bond acceptors (Lipinski definition) is 5. The van der Waals surface area contributed by atoms with Gasteiger partial charge in [0.15, 0.2) is 0 Å². The van der Waals surface area contributed by atoms with Gasteiger partial charge in [-0.05, 0) is 32.0 Å². The molecule has 112 valence electrons. The predicted octanol–water partition coefficient (Wildman–Crippen LogP) is 1.46. The van der Waals surface area contributed by atoms with E-state index >= 15 is 0 Å². The van der Waals surface area contributed by atoms with Crippen molar-refractivity contribution in [3.8, 4) is 0 Å². The molecule has 2 aromatic rings. The largest absolute Gasteiger partial charge is 0.462 e. The Labute approximate surface area is 122 Å². The van der Waals surface area contributed by atoms with Gasteiger partial charge in [-0.25, -0.2) is 4.79 Å². The number of nitrogens with one attached hydrogen (secondary N) is 2. The SMILES string of the molecule is CCOC(=O)c1c[nH]c2ccc(NC[C@H](C)N)cc2c1=O. The molecule has 1 atom stereocenters. The molecule has 2 rings (SSSR count). The van der Waals surface area contributed by atoms with Crippen LogP contribution in [0.5, 0.6) is 0 Å². The molecule has 1 aromatic carbocycles. The van der Waals surface area contributed by atoms with Gasteiger partial charge in [0, 0.05) is 35.4 Å². The first-order valence-electron chi connectivity index (χ1n) is 6.85. The number of aromatic nitrogens is 1. The Bertz CT molecular complexity index is 707. The number of carbonyl (C=O) groups is 1. The molecule has 0 saturated heterocycles. The second kappa shape index (κ2) is 6.41. The van der Waals surface area contributed by atoms with Crippen molar-refractivity contribution in [1.82, 2.24) is 4.98 Å². The lowest BCUT2D eigenvalue weighted by atomic mass is 10.1. The van der Waals surface area contributed by atoms with E-state index in [0.29, 0.717) is 17.4 Å². The Balaban J connectivity index is 2.42. The molecular weight excluding hydrogens is 270 g/mol. The van der Waals surface area contributed by atoms with Crippen LogP contribution < -0.4 is 16.5 Å². The molecule has 21 heavy (non-hydrogen) atoms. The van der Waals surface area contributed by atoms with E-state index < -0.39 is 5.97 Å². The lowest BCUT2D eigenvalue weighted by molar-refractivity contribution is 0.0524. The third kappa shape index (κ3) is 3.41. The van der Waals surface area contributed by atoms with Crippen LogP contribution in [-0.4, -0.2) is 30.1 Å². The summed E-state index contributed by atoms with van der Waals surface area (Å²) in [6, 6.07) is 5.35. The van der Waals surface area contributed by atoms with Crippen LogP contribution in [0.3, 0.4) is 0 Å². The zero-order valence-corrected chi connectivity index (χ0v) is 12.1. The number of anilines is 1. The summed E-state index contributed by atoms with van der Waals surface area (Å²) < 4.78 is 4.88. The Morgan fingerprint density at radius 2 is 2.24 bits per heavy atom. The number of hydrogen-bond donors (Lipinski definition) is 3. The van der Waals surface area contributed by atoms with Crippen LogP contribution in [0.15, 0.2) is 29.2 Å². The Morgan fingerprint density at radius 1 is 1.48 bits per heavy atom. The maximum atomic E-state index is 12.4. The number of ether oxygens (including phenoxy) is 1. The van der Waals surface area contributed by atoms with Crippen molar-refractivity contribution in [2.24, 2.45) is 5.73 Å². The molecule has 0 unspecified atom stereocenters. The minimum absolute atomic E-state index is 0.00449. The third-order valence-corrected chi connectivity index (χ3v) is 3.00. The second-order valence-electron chi connectivity index (χ2n) is 4.87. The molecule has 0 aliphatic carbocycles. The standard InChI is InChI=1S/C15H19N3O3/c1-3-21-15(20)12-8-18-13-5-4-10(17-7-9(2)16)6-11(13)14(12)19/h4-6,8-9,17H,3,7,16H2,1-2H3,(H,18,19)/t9-/m0/s1. The fourth-order valence-electron chi connectivity index (χ4n) is 1.97. The van der Waals surface area contributed by atoms with Gasteiger partial charge in [0.25, 0.3) is 0 Å². The highest BCUT2D eigenvalue weighted by Gasteiger charge is 2.14. The van der Waals surface area contributed by atoms with Crippen LogP contribution in [0.1, 0.15) is 24.2 Å². The van der Waals surface area contributed by atoms with Crippen molar-refractivity contribution in [2.75, 3.05) is 18.5 Å². The Morgan fingerprint density at radius 3 is 2.90 bits per heavy atom. The summed E-state index contributed by atoms with van der Waals surface area (Å²) in [6.45, 7) is 4.41. The monoisotopic (exact) mass is 289 g/mol. The quantitative estimate of drug-likeness (QED) is 0.724. The molecule has 6 heteroatoms. The summed E-state index contributed by atoms with van der Waals surface area (Å²) in [5.74, 6) is -0.616. The molecule has 0 saturated carbocycles. The Kier molecular flexibility index (Phi) is 4.59. The maximum absolute atomic E-state index is 12.4. The zero-order valence-electron chi connectivity index (χ0n) is 12.1. The molecular formula is C15H19N3O3. The number of aromatic amines is 1. The average Bonchev–Trinajstić information content (AvgIpc) is 2.46. The molecule has 0 aliphatic heterocycles. The first-order chi connectivity index (χ1) is 10.0.